The first-order valence-corrected chi connectivity index (χ1v) is 7.09. The fraction of sp³-hybridized carbons (Fsp3) is 0. The number of nitrogens with zero attached hydrogens (tertiary/aromatic N) is 2. The van der Waals surface area contributed by atoms with Gasteiger partial charge in [-0.05, 0) is 30.3 Å². The standard InChI is InChI=1S/C14H6BClFN2OS.Rb/c15-19-14(20)7-1-3-12-10(5-7)18-13(16)9-6-8(17)2-4-11(9)21-12;/h1-6H;/q-1;+1. The van der Waals surface area contributed by atoms with Crippen molar-refractivity contribution in [3.63, 3.8) is 0 Å². The van der Waals surface area contributed by atoms with Crippen molar-refractivity contribution in [2.24, 2.45) is 4.99 Å². The Balaban J connectivity index is 0.00000176. The van der Waals surface area contributed by atoms with Gasteiger partial charge in [0.2, 0.25) is 0 Å². The molecule has 0 atom stereocenters. The number of carbonyl (C=O) groups excluding carboxylic acids is 1. The molecule has 0 saturated carbocycles. The summed E-state index contributed by atoms with van der Waals surface area (Å²) in [7, 11) is 4.99. The molecule has 3 nitrogen and oxygen atoms in total. The zero-order valence-corrected chi connectivity index (χ0v) is 18.0. The number of hydrogen-bond donors (Lipinski definition) is 0. The number of rotatable bonds is 1. The average Bonchev–Trinajstić information content (AvgIpc) is 2.62. The maximum absolute atomic E-state index is 13.4. The molecule has 0 spiro atoms. The molecule has 2 radical (unpaired) electrons. The summed E-state index contributed by atoms with van der Waals surface area (Å²) < 4.78 is 13.4. The molecular weight excluding hydrogens is 395 g/mol. The predicted molar refractivity (Wildman–Crippen MR) is 82.5 cm³/mol. The van der Waals surface area contributed by atoms with Crippen LogP contribution in [0.1, 0.15) is 15.9 Å². The second kappa shape index (κ2) is 7.73. The van der Waals surface area contributed by atoms with E-state index in [1.807, 2.05) is 0 Å². The molecule has 0 aromatic heterocycles. The van der Waals surface area contributed by atoms with Gasteiger partial charge in [-0.1, -0.05) is 37.4 Å². The minimum atomic E-state index is -0.540. The molecule has 3 rings (SSSR count). The normalized spacial score (nSPS) is 12.2. The van der Waals surface area contributed by atoms with E-state index in [0.717, 1.165) is 9.79 Å². The first kappa shape index (κ1) is 18.4. The minimum absolute atomic E-state index is 0. The van der Waals surface area contributed by atoms with E-state index in [2.05, 4.69) is 10.2 Å². The molecule has 1 aliphatic heterocycles. The van der Waals surface area contributed by atoms with Crippen molar-refractivity contribution in [1.82, 2.24) is 0 Å². The molecule has 8 heteroatoms. The van der Waals surface area contributed by atoms with Crippen LogP contribution in [-0.4, -0.2) is 19.1 Å². The van der Waals surface area contributed by atoms with Crippen LogP contribution in [-0.2, 0) is 0 Å². The number of amides is 1. The molecular formula is C14H6BClFN2ORbS. The van der Waals surface area contributed by atoms with Gasteiger partial charge in [-0.25, -0.2) is 9.38 Å². The van der Waals surface area contributed by atoms with Gasteiger partial charge in [0, 0.05) is 20.9 Å². The number of halogens is 2. The largest absolute Gasteiger partial charge is 1.00 e. The van der Waals surface area contributed by atoms with E-state index in [1.165, 1.54) is 23.9 Å². The monoisotopic (exact) mass is 400 g/mol. The summed E-state index contributed by atoms with van der Waals surface area (Å²) >= 11 is 7.56. The van der Waals surface area contributed by atoms with Crippen molar-refractivity contribution in [2.75, 3.05) is 0 Å². The van der Waals surface area contributed by atoms with Gasteiger partial charge < -0.3 is 10.0 Å². The van der Waals surface area contributed by atoms with Crippen molar-refractivity contribution in [3.05, 3.63) is 58.6 Å². The summed E-state index contributed by atoms with van der Waals surface area (Å²) in [6.45, 7) is 0. The third kappa shape index (κ3) is 3.74. The number of aliphatic imine (C=N–C) groups is 1. The Morgan fingerprint density at radius 3 is 2.68 bits per heavy atom. The minimum Gasteiger partial charge on any atom is -0.685 e. The summed E-state index contributed by atoms with van der Waals surface area (Å²) in [6.07, 6.45) is 0. The first-order valence-electron chi connectivity index (χ1n) is 5.90. The van der Waals surface area contributed by atoms with Gasteiger partial charge in [0.25, 0.3) is 0 Å². The third-order valence-electron chi connectivity index (χ3n) is 2.93. The smallest absolute Gasteiger partial charge is 0.685 e. The number of benzene rings is 2. The van der Waals surface area contributed by atoms with E-state index >= 15 is 0 Å². The maximum Gasteiger partial charge on any atom is 1.00 e. The Hall–Kier alpha value is 0.0201. The zero-order valence-electron chi connectivity index (χ0n) is 11.5. The van der Waals surface area contributed by atoms with E-state index < -0.39 is 5.91 Å². The molecule has 0 saturated heterocycles. The average molecular weight is 401 g/mol. The number of hydrogen-bond acceptors (Lipinski definition) is 3. The molecule has 0 fully saturated rings. The van der Waals surface area contributed by atoms with Crippen LogP contribution in [0.25, 0.3) is 5.23 Å². The van der Waals surface area contributed by atoms with Crippen LogP contribution in [0.5, 0.6) is 0 Å². The van der Waals surface area contributed by atoms with Crippen molar-refractivity contribution in [3.8, 4) is 0 Å². The first-order chi connectivity index (χ1) is 10.1. The van der Waals surface area contributed by atoms with Crippen LogP contribution in [0, 0.1) is 5.82 Å². The Kier molecular flexibility index (Phi) is 6.45. The molecule has 0 unspecified atom stereocenters. The van der Waals surface area contributed by atoms with Crippen LogP contribution in [0.4, 0.5) is 10.1 Å². The molecule has 0 aliphatic carbocycles. The van der Waals surface area contributed by atoms with Gasteiger partial charge in [0.1, 0.15) is 11.0 Å². The van der Waals surface area contributed by atoms with Gasteiger partial charge in [-0.2, -0.15) is 0 Å². The number of carbonyl (C=O) groups is 1. The topological polar surface area (TPSA) is 43.5 Å². The van der Waals surface area contributed by atoms with E-state index in [1.54, 1.807) is 24.3 Å². The van der Waals surface area contributed by atoms with Gasteiger partial charge in [0.05, 0.1) is 11.6 Å². The SMILES string of the molecule is [B][N-]C(=O)c1ccc2c(c1)N=C(Cl)c1cc(F)ccc1S2.[Rb+]. The van der Waals surface area contributed by atoms with Gasteiger partial charge in [0.15, 0.2) is 0 Å². The molecule has 2 aromatic rings. The van der Waals surface area contributed by atoms with E-state index in [4.69, 9.17) is 19.6 Å². The molecule has 1 heterocycles. The van der Waals surface area contributed by atoms with Crippen molar-refractivity contribution < 1.29 is 67.4 Å². The summed E-state index contributed by atoms with van der Waals surface area (Å²) in [5.41, 5.74) is 1.37. The summed E-state index contributed by atoms with van der Waals surface area (Å²) in [5, 5.41) is 3.30. The van der Waals surface area contributed by atoms with Crippen LogP contribution in [0.15, 0.2) is 51.2 Å². The van der Waals surface area contributed by atoms with Crippen molar-refractivity contribution in [2.45, 2.75) is 9.79 Å². The van der Waals surface area contributed by atoms with E-state index in [9.17, 15) is 9.18 Å². The van der Waals surface area contributed by atoms with E-state index in [0.29, 0.717) is 16.8 Å². The quantitative estimate of drug-likeness (QED) is 0.675. The van der Waals surface area contributed by atoms with Crippen LogP contribution >= 0.6 is 23.4 Å². The van der Waals surface area contributed by atoms with Gasteiger partial charge in [-0.3, -0.25) is 0 Å². The van der Waals surface area contributed by atoms with Gasteiger partial charge >= 0.3 is 58.2 Å². The fourth-order valence-electron chi connectivity index (χ4n) is 1.94. The molecule has 0 bridgehead atoms. The third-order valence-corrected chi connectivity index (χ3v) is 4.35. The Morgan fingerprint density at radius 2 is 1.95 bits per heavy atom. The summed E-state index contributed by atoms with van der Waals surface area (Å²) in [4.78, 5) is 17.4. The van der Waals surface area contributed by atoms with Crippen molar-refractivity contribution >= 4 is 48.1 Å². The van der Waals surface area contributed by atoms with Crippen LogP contribution in [0.3, 0.4) is 0 Å². The second-order valence-electron chi connectivity index (χ2n) is 4.26. The molecule has 102 valence electrons. The van der Waals surface area contributed by atoms with Crippen LogP contribution < -0.4 is 58.2 Å². The molecule has 1 amide bonds. The molecule has 1 aliphatic rings. The summed E-state index contributed by atoms with van der Waals surface area (Å²) in [5.74, 6) is -0.923. The number of fused-ring (bicyclic) bond motifs is 2. The Bertz CT molecular complexity index is 787. The molecule has 22 heavy (non-hydrogen) atoms. The second-order valence-corrected chi connectivity index (χ2v) is 5.70. The predicted octanol–water partition coefficient (Wildman–Crippen LogP) is 1.21. The van der Waals surface area contributed by atoms with Crippen molar-refractivity contribution in [1.29, 1.82) is 0 Å². The summed E-state index contributed by atoms with van der Waals surface area (Å²) in [6, 6.07) is 9.27. The van der Waals surface area contributed by atoms with Crippen LogP contribution in [0.2, 0.25) is 0 Å². The van der Waals surface area contributed by atoms with Gasteiger partial charge in [-0.15, -0.1) is 0 Å². The molecule has 2 aromatic carbocycles. The Morgan fingerprint density at radius 1 is 1.23 bits per heavy atom. The zero-order chi connectivity index (χ0) is 15.0. The maximum atomic E-state index is 13.4. The van der Waals surface area contributed by atoms with E-state index in [-0.39, 0.29) is 69.2 Å². The fourth-order valence-corrected chi connectivity index (χ4v) is 3.22. The molecule has 0 N–H and O–H groups in total. The Labute approximate surface area is 186 Å².